The lowest BCUT2D eigenvalue weighted by molar-refractivity contribution is -0.158. The Hall–Kier alpha value is -0.670. The van der Waals surface area contributed by atoms with Gasteiger partial charge in [0, 0.05) is 12.8 Å². The van der Waals surface area contributed by atoms with Crippen molar-refractivity contribution in [2.45, 2.75) is 51.7 Å². The molecule has 0 aromatic rings. The van der Waals surface area contributed by atoms with Gasteiger partial charge in [-0.05, 0) is 40.0 Å². The molecule has 1 aliphatic heterocycles. The lowest BCUT2D eigenvalue weighted by Gasteiger charge is -2.27. The fourth-order valence-corrected chi connectivity index (χ4v) is 4.88. The number of hydrogen-bond donors (Lipinski definition) is 0. The Labute approximate surface area is 133 Å². The molecule has 130 valence electrons. The minimum Gasteiger partial charge on any atom is -0.459 e. The van der Waals surface area contributed by atoms with E-state index in [-0.39, 0.29) is 24.5 Å². The molecule has 1 rings (SSSR count). The molecule has 0 saturated carbocycles. The summed E-state index contributed by atoms with van der Waals surface area (Å²) in [4.78, 5) is 12.1. The third-order valence-electron chi connectivity index (χ3n) is 3.16. The Morgan fingerprint density at radius 1 is 1.18 bits per heavy atom. The van der Waals surface area contributed by atoms with Crippen LogP contribution in [0.5, 0.6) is 0 Å². The molecule has 1 fully saturated rings. The molecule has 0 N–H and O–H groups in total. The van der Waals surface area contributed by atoms with Crippen LogP contribution in [0.25, 0.3) is 0 Å². The third kappa shape index (κ3) is 6.21. The lowest BCUT2D eigenvalue weighted by Crippen LogP contribution is -2.44. The van der Waals surface area contributed by atoms with Crippen molar-refractivity contribution < 1.29 is 26.4 Å². The van der Waals surface area contributed by atoms with Crippen LogP contribution in [-0.2, 0) is 29.4 Å². The molecule has 22 heavy (non-hydrogen) atoms. The van der Waals surface area contributed by atoms with Crippen LogP contribution in [0.4, 0.5) is 0 Å². The maximum absolute atomic E-state index is 12.3. The molecular weight excluding hydrogens is 330 g/mol. The summed E-state index contributed by atoms with van der Waals surface area (Å²) >= 11 is 0. The fourth-order valence-electron chi connectivity index (χ4n) is 2.30. The molecule has 1 atom stereocenters. The van der Waals surface area contributed by atoms with Gasteiger partial charge in [0.2, 0.25) is 10.0 Å². The highest BCUT2D eigenvalue weighted by Gasteiger charge is 2.40. The van der Waals surface area contributed by atoms with E-state index in [2.05, 4.69) is 0 Å². The van der Waals surface area contributed by atoms with Crippen molar-refractivity contribution in [3.05, 3.63) is 0 Å². The Balaban J connectivity index is 2.74. The van der Waals surface area contributed by atoms with E-state index in [4.69, 9.17) is 4.74 Å². The number of esters is 1. The van der Waals surface area contributed by atoms with E-state index in [0.717, 1.165) is 10.6 Å². The number of carbonyl (C=O) groups is 1. The molecular formula is C13H25NO6S2. The molecule has 0 unspecified atom stereocenters. The zero-order valence-corrected chi connectivity index (χ0v) is 15.2. The molecule has 0 aromatic heterocycles. The van der Waals surface area contributed by atoms with E-state index in [0.29, 0.717) is 12.8 Å². The second kappa shape index (κ2) is 6.84. The van der Waals surface area contributed by atoms with E-state index >= 15 is 0 Å². The van der Waals surface area contributed by atoms with Crippen LogP contribution in [0, 0.1) is 0 Å². The number of sulfonamides is 1. The first kappa shape index (κ1) is 19.4. The minimum atomic E-state index is -3.66. The van der Waals surface area contributed by atoms with Gasteiger partial charge >= 0.3 is 5.97 Å². The van der Waals surface area contributed by atoms with Crippen LogP contribution >= 0.6 is 0 Å². The number of sulfone groups is 1. The molecule has 0 bridgehead atoms. The summed E-state index contributed by atoms with van der Waals surface area (Å²) in [7, 11) is -6.86. The van der Waals surface area contributed by atoms with Gasteiger partial charge in [-0.1, -0.05) is 0 Å². The maximum Gasteiger partial charge on any atom is 0.324 e. The largest absolute Gasteiger partial charge is 0.459 e. The van der Waals surface area contributed by atoms with E-state index in [1.807, 2.05) is 0 Å². The summed E-state index contributed by atoms with van der Waals surface area (Å²) < 4.78 is 53.2. The van der Waals surface area contributed by atoms with Gasteiger partial charge in [0.1, 0.15) is 21.5 Å². The van der Waals surface area contributed by atoms with Crippen LogP contribution < -0.4 is 0 Å². The zero-order chi connectivity index (χ0) is 17.2. The zero-order valence-electron chi connectivity index (χ0n) is 13.5. The highest BCUT2D eigenvalue weighted by molar-refractivity contribution is 7.91. The van der Waals surface area contributed by atoms with Crippen LogP contribution in [0.3, 0.4) is 0 Å². The third-order valence-corrected chi connectivity index (χ3v) is 6.14. The van der Waals surface area contributed by atoms with Crippen LogP contribution in [-0.4, -0.2) is 63.1 Å². The number of ether oxygens (including phenoxy) is 1. The summed E-state index contributed by atoms with van der Waals surface area (Å²) in [5.41, 5.74) is -0.675. The SMILES string of the molecule is CC(C)(C)OC(=O)[C@H]1CCCN1S(=O)(=O)CCCS(C)(=O)=O. The molecule has 9 heteroatoms. The molecule has 1 heterocycles. The van der Waals surface area contributed by atoms with Crippen LogP contribution in [0.1, 0.15) is 40.0 Å². The number of carbonyl (C=O) groups excluding carboxylic acids is 1. The Bertz CT molecular complexity index is 603. The molecule has 1 saturated heterocycles. The van der Waals surface area contributed by atoms with Gasteiger partial charge in [-0.2, -0.15) is 4.31 Å². The summed E-state index contributed by atoms with van der Waals surface area (Å²) in [5.74, 6) is -1.01. The first-order chi connectivity index (χ1) is 9.82. The van der Waals surface area contributed by atoms with Gasteiger partial charge in [0.05, 0.1) is 11.5 Å². The van der Waals surface area contributed by atoms with Gasteiger partial charge in [-0.25, -0.2) is 16.8 Å². The quantitative estimate of drug-likeness (QED) is 0.646. The average molecular weight is 355 g/mol. The molecule has 0 aliphatic carbocycles. The first-order valence-corrected chi connectivity index (χ1v) is 10.9. The van der Waals surface area contributed by atoms with Gasteiger partial charge in [0.15, 0.2) is 0 Å². The molecule has 0 spiro atoms. The van der Waals surface area contributed by atoms with Crippen molar-refractivity contribution in [2.24, 2.45) is 0 Å². The first-order valence-electron chi connectivity index (χ1n) is 7.22. The lowest BCUT2D eigenvalue weighted by atomic mass is 10.2. The topological polar surface area (TPSA) is 97.8 Å². The summed E-state index contributed by atoms with van der Waals surface area (Å²) in [6, 6.07) is -0.803. The second-order valence-electron chi connectivity index (χ2n) is 6.60. The molecule has 1 aliphatic rings. The molecule has 0 radical (unpaired) electrons. The van der Waals surface area contributed by atoms with E-state index in [1.165, 1.54) is 0 Å². The van der Waals surface area contributed by atoms with Gasteiger partial charge in [-0.3, -0.25) is 4.79 Å². The predicted molar refractivity (Wildman–Crippen MR) is 83.7 cm³/mol. The van der Waals surface area contributed by atoms with Crippen molar-refractivity contribution in [1.29, 1.82) is 0 Å². The van der Waals surface area contributed by atoms with E-state index < -0.39 is 37.5 Å². The average Bonchev–Trinajstić information content (AvgIpc) is 2.73. The highest BCUT2D eigenvalue weighted by atomic mass is 32.2. The van der Waals surface area contributed by atoms with Gasteiger partial charge < -0.3 is 4.74 Å². The predicted octanol–water partition coefficient (Wildman–Crippen LogP) is 0.557. The minimum absolute atomic E-state index is 0.0265. The summed E-state index contributed by atoms with van der Waals surface area (Å²) in [6.45, 7) is 5.45. The number of rotatable bonds is 6. The number of hydrogen-bond acceptors (Lipinski definition) is 6. The van der Waals surface area contributed by atoms with E-state index in [1.54, 1.807) is 20.8 Å². The molecule has 0 amide bonds. The van der Waals surface area contributed by atoms with Crippen molar-refractivity contribution in [2.75, 3.05) is 24.3 Å². The monoisotopic (exact) mass is 355 g/mol. The van der Waals surface area contributed by atoms with E-state index in [9.17, 15) is 21.6 Å². The van der Waals surface area contributed by atoms with Gasteiger partial charge in [0.25, 0.3) is 0 Å². The Kier molecular flexibility index (Phi) is 6.02. The number of nitrogens with zero attached hydrogens (tertiary/aromatic N) is 1. The maximum atomic E-state index is 12.3. The Morgan fingerprint density at radius 3 is 2.27 bits per heavy atom. The van der Waals surface area contributed by atoms with Crippen molar-refractivity contribution in [3.8, 4) is 0 Å². The second-order valence-corrected chi connectivity index (χ2v) is 10.9. The normalized spacial score (nSPS) is 21.0. The Morgan fingerprint density at radius 2 is 1.77 bits per heavy atom. The fraction of sp³-hybridized carbons (Fsp3) is 0.923. The summed E-state index contributed by atoms with van der Waals surface area (Å²) in [5, 5.41) is 0. The van der Waals surface area contributed by atoms with Crippen molar-refractivity contribution >= 4 is 25.8 Å². The van der Waals surface area contributed by atoms with Gasteiger partial charge in [-0.15, -0.1) is 0 Å². The van der Waals surface area contributed by atoms with Crippen molar-refractivity contribution in [1.82, 2.24) is 4.31 Å². The standard InChI is InChI=1S/C13H25NO6S2/c1-13(2,3)20-12(15)11-7-5-8-14(11)22(18,19)10-6-9-21(4,16)17/h11H,5-10H2,1-4H3/t11-/m1/s1. The molecule has 0 aromatic carbocycles. The van der Waals surface area contributed by atoms with Crippen LogP contribution in [0.2, 0.25) is 0 Å². The highest BCUT2D eigenvalue weighted by Crippen LogP contribution is 2.24. The van der Waals surface area contributed by atoms with Crippen LogP contribution in [0.15, 0.2) is 0 Å². The molecule has 7 nitrogen and oxygen atoms in total. The summed E-state index contributed by atoms with van der Waals surface area (Å²) in [6.07, 6.45) is 2.12. The van der Waals surface area contributed by atoms with Crippen molar-refractivity contribution in [3.63, 3.8) is 0 Å². The smallest absolute Gasteiger partial charge is 0.324 e.